The lowest BCUT2D eigenvalue weighted by atomic mass is 10.1. The minimum atomic E-state index is -3.70. The molecule has 0 N–H and O–H groups in total. The first-order valence-electron chi connectivity index (χ1n) is 9.58. The number of amides is 1. The van der Waals surface area contributed by atoms with Crippen LogP contribution in [-0.4, -0.2) is 56.1 Å². The first kappa shape index (κ1) is 19.6. The van der Waals surface area contributed by atoms with Gasteiger partial charge in [-0.1, -0.05) is 43.7 Å². The largest absolute Gasteiger partial charge is 0.354 e. The molecular formula is C20H27N3O3S. The van der Waals surface area contributed by atoms with Crippen LogP contribution in [0, 0.1) is 0 Å². The molecule has 1 fully saturated rings. The van der Waals surface area contributed by atoms with Crippen LogP contribution in [0.5, 0.6) is 0 Å². The molecule has 0 unspecified atom stereocenters. The van der Waals surface area contributed by atoms with Crippen molar-refractivity contribution in [3.8, 4) is 0 Å². The van der Waals surface area contributed by atoms with Crippen LogP contribution in [0.25, 0.3) is 4.91 Å². The Bertz CT molecular complexity index is 860. The number of hydrogen-bond donors (Lipinski definition) is 0. The molecule has 0 atom stereocenters. The summed E-state index contributed by atoms with van der Waals surface area (Å²) in [5.41, 5.74) is 1.35. The minimum absolute atomic E-state index is 0.192. The van der Waals surface area contributed by atoms with Gasteiger partial charge in [0, 0.05) is 38.2 Å². The second-order valence-electron chi connectivity index (χ2n) is 7.04. The summed E-state index contributed by atoms with van der Waals surface area (Å²) in [5, 5.41) is 0. The zero-order valence-corrected chi connectivity index (χ0v) is 16.8. The summed E-state index contributed by atoms with van der Waals surface area (Å²) in [6.07, 6.45) is 3.31. The summed E-state index contributed by atoms with van der Waals surface area (Å²) < 4.78 is 29.4. The van der Waals surface area contributed by atoms with E-state index in [9.17, 15) is 13.2 Å². The molecule has 1 aromatic carbocycles. The molecule has 2 aliphatic heterocycles. The van der Waals surface area contributed by atoms with Crippen molar-refractivity contribution in [1.29, 1.82) is 0 Å². The van der Waals surface area contributed by atoms with E-state index in [0.29, 0.717) is 54.5 Å². The van der Waals surface area contributed by atoms with Crippen molar-refractivity contribution in [3.05, 3.63) is 41.5 Å². The SMILES string of the molecule is CCCCC(=O)N1CCCN(C2=NS(=O)(=O)C(c3ccccc3)=C2C)CC1. The molecule has 1 aromatic rings. The van der Waals surface area contributed by atoms with Crippen LogP contribution in [-0.2, 0) is 14.8 Å². The van der Waals surface area contributed by atoms with E-state index in [2.05, 4.69) is 11.3 Å². The Labute approximate surface area is 161 Å². The Morgan fingerprint density at radius 3 is 2.56 bits per heavy atom. The summed E-state index contributed by atoms with van der Waals surface area (Å²) in [4.78, 5) is 16.5. The van der Waals surface area contributed by atoms with E-state index in [1.54, 1.807) is 12.1 Å². The first-order valence-corrected chi connectivity index (χ1v) is 11.0. The van der Waals surface area contributed by atoms with Crippen LogP contribution >= 0.6 is 0 Å². The monoisotopic (exact) mass is 389 g/mol. The highest BCUT2D eigenvalue weighted by Gasteiger charge is 2.34. The van der Waals surface area contributed by atoms with Gasteiger partial charge in [0.2, 0.25) is 5.91 Å². The lowest BCUT2D eigenvalue weighted by Crippen LogP contribution is -2.37. The first-order chi connectivity index (χ1) is 12.9. The lowest BCUT2D eigenvalue weighted by molar-refractivity contribution is -0.131. The summed E-state index contributed by atoms with van der Waals surface area (Å²) in [7, 11) is -3.70. The molecule has 0 saturated carbocycles. The Morgan fingerprint density at radius 1 is 1.11 bits per heavy atom. The molecule has 6 nitrogen and oxygen atoms in total. The highest BCUT2D eigenvalue weighted by Crippen LogP contribution is 2.33. The van der Waals surface area contributed by atoms with Gasteiger partial charge >= 0.3 is 0 Å². The van der Waals surface area contributed by atoms with Crippen molar-refractivity contribution in [2.75, 3.05) is 26.2 Å². The van der Waals surface area contributed by atoms with Crippen LogP contribution in [0.2, 0.25) is 0 Å². The number of rotatable bonds is 4. The number of hydrogen-bond acceptors (Lipinski definition) is 4. The Kier molecular flexibility index (Phi) is 5.99. The molecular weight excluding hydrogens is 362 g/mol. The zero-order chi connectivity index (χ0) is 19.4. The van der Waals surface area contributed by atoms with Gasteiger partial charge < -0.3 is 9.80 Å². The molecule has 0 aliphatic carbocycles. The van der Waals surface area contributed by atoms with Gasteiger partial charge in [-0.3, -0.25) is 4.79 Å². The second-order valence-corrected chi connectivity index (χ2v) is 8.58. The smallest absolute Gasteiger partial charge is 0.285 e. The molecule has 3 rings (SSSR count). The van der Waals surface area contributed by atoms with E-state index in [4.69, 9.17) is 0 Å². The second kappa shape index (κ2) is 8.25. The van der Waals surface area contributed by atoms with E-state index < -0.39 is 10.0 Å². The zero-order valence-electron chi connectivity index (χ0n) is 16.0. The highest BCUT2D eigenvalue weighted by atomic mass is 32.2. The maximum atomic E-state index is 12.7. The third-order valence-corrected chi connectivity index (χ3v) is 6.54. The molecule has 146 valence electrons. The summed E-state index contributed by atoms with van der Waals surface area (Å²) in [6, 6.07) is 9.11. The number of carbonyl (C=O) groups excluding carboxylic acids is 1. The molecule has 27 heavy (non-hydrogen) atoms. The molecule has 1 saturated heterocycles. The number of benzene rings is 1. The third-order valence-electron chi connectivity index (χ3n) is 5.07. The normalized spacial score (nSPS) is 19.9. The molecule has 7 heteroatoms. The fourth-order valence-electron chi connectivity index (χ4n) is 3.64. The van der Waals surface area contributed by atoms with Crippen molar-refractivity contribution in [2.45, 2.75) is 39.5 Å². The summed E-state index contributed by atoms with van der Waals surface area (Å²) in [5.74, 6) is 0.716. The fraction of sp³-hybridized carbons (Fsp3) is 0.500. The van der Waals surface area contributed by atoms with Gasteiger partial charge in [-0.25, -0.2) is 0 Å². The maximum Gasteiger partial charge on any atom is 0.285 e. The van der Waals surface area contributed by atoms with E-state index in [-0.39, 0.29) is 5.91 Å². The topological polar surface area (TPSA) is 70.1 Å². The van der Waals surface area contributed by atoms with Gasteiger partial charge in [0.1, 0.15) is 10.7 Å². The van der Waals surface area contributed by atoms with Gasteiger partial charge in [0.15, 0.2) is 0 Å². The van der Waals surface area contributed by atoms with Crippen molar-refractivity contribution in [2.24, 2.45) is 4.40 Å². The highest BCUT2D eigenvalue weighted by molar-refractivity contribution is 8.00. The predicted molar refractivity (Wildman–Crippen MR) is 108 cm³/mol. The lowest BCUT2D eigenvalue weighted by Gasteiger charge is -2.23. The van der Waals surface area contributed by atoms with Gasteiger partial charge in [-0.2, -0.15) is 8.42 Å². The van der Waals surface area contributed by atoms with Crippen molar-refractivity contribution in [3.63, 3.8) is 0 Å². The van der Waals surface area contributed by atoms with Gasteiger partial charge in [-0.05, 0) is 25.3 Å². The predicted octanol–water partition coefficient (Wildman–Crippen LogP) is 2.88. The number of amidine groups is 1. The fourth-order valence-corrected chi connectivity index (χ4v) is 5.12. The third kappa shape index (κ3) is 4.24. The molecule has 1 amide bonds. The average molecular weight is 390 g/mol. The maximum absolute atomic E-state index is 12.7. The quantitative estimate of drug-likeness (QED) is 0.794. The van der Waals surface area contributed by atoms with Crippen molar-refractivity contribution < 1.29 is 13.2 Å². The van der Waals surface area contributed by atoms with Crippen molar-refractivity contribution in [1.82, 2.24) is 9.80 Å². The van der Waals surface area contributed by atoms with Crippen LogP contribution in [0.3, 0.4) is 0 Å². The Balaban J connectivity index is 1.79. The minimum Gasteiger partial charge on any atom is -0.354 e. The van der Waals surface area contributed by atoms with Gasteiger partial charge in [-0.15, -0.1) is 4.40 Å². The number of sulfonamides is 1. The van der Waals surface area contributed by atoms with E-state index in [1.165, 1.54) is 0 Å². The molecule has 0 radical (unpaired) electrons. The van der Waals surface area contributed by atoms with Gasteiger partial charge in [0.05, 0.1) is 0 Å². The van der Waals surface area contributed by atoms with Crippen LogP contribution in [0.4, 0.5) is 0 Å². The molecule has 0 spiro atoms. The molecule has 0 aromatic heterocycles. The van der Waals surface area contributed by atoms with E-state index >= 15 is 0 Å². The molecule has 2 aliphatic rings. The van der Waals surface area contributed by atoms with Gasteiger partial charge in [0.25, 0.3) is 10.0 Å². The average Bonchev–Trinajstić information content (AvgIpc) is 2.82. The Hall–Kier alpha value is -2.15. The number of unbranched alkanes of at least 4 members (excludes halogenated alkanes) is 1. The molecule has 0 bridgehead atoms. The van der Waals surface area contributed by atoms with Crippen LogP contribution in [0.1, 0.15) is 45.1 Å². The number of nitrogens with zero attached hydrogens (tertiary/aromatic N) is 3. The van der Waals surface area contributed by atoms with E-state index in [0.717, 1.165) is 19.3 Å². The van der Waals surface area contributed by atoms with E-state index in [1.807, 2.05) is 34.9 Å². The molecule has 2 heterocycles. The van der Waals surface area contributed by atoms with Crippen molar-refractivity contribution >= 4 is 26.7 Å². The van der Waals surface area contributed by atoms with Crippen LogP contribution in [0.15, 0.2) is 40.3 Å². The standard InChI is InChI=1S/C20H27N3O3S/c1-3-4-11-18(24)22-12-8-13-23(15-14-22)20-16(2)19(27(25,26)21-20)17-9-6-5-7-10-17/h5-7,9-10H,3-4,8,11-15H2,1-2H3. The Morgan fingerprint density at radius 2 is 1.85 bits per heavy atom. The number of carbonyl (C=O) groups is 1. The van der Waals surface area contributed by atoms with Crippen LogP contribution < -0.4 is 0 Å². The summed E-state index contributed by atoms with van der Waals surface area (Å²) >= 11 is 0. The summed E-state index contributed by atoms with van der Waals surface area (Å²) in [6.45, 7) is 6.52.